The van der Waals surface area contributed by atoms with E-state index in [-0.39, 0.29) is 5.82 Å². The second kappa shape index (κ2) is 4.90. The first-order chi connectivity index (χ1) is 8.51. The van der Waals surface area contributed by atoms with Crippen LogP contribution in [0.15, 0.2) is 18.2 Å². The largest absolute Gasteiger partial charge is 0.323 e. The molecule has 0 saturated heterocycles. The molecule has 4 heteroatoms. The zero-order valence-corrected chi connectivity index (χ0v) is 10.9. The molecular formula is C14H18FN3. The number of hydrogen-bond acceptors (Lipinski definition) is 3. The first-order valence-electron chi connectivity index (χ1n) is 6.07. The van der Waals surface area contributed by atoms with Crippen LogP contribution in [0.25, 0.3) is 10.9 Å². The molecule has 0 aliphatic rings. The third-order valence-corrected chi connectivity index (χ3v) is 2.90. The number of pyridine rings is 1. The van der Waals surface area contributed by atoms with E-state index in [4.69, 9.17) is 5.84 Å². The van der Waals surface area contributed by atoms with E-state index in [1.807, 2.05) is 13.0 Å². The third-order valence-electron chi connectivity index (χ3n) is 2.90. The molecule has 0 fully saturated rings. The molecule has 2 aromatic rings. The fourth-order valence-corrected chi connectivity index (χ4v) is 2.23. The van der Waals surface area contributed by atoms with Gasteiger partial charge in [0.2, 0.25) is 0 Å². The zero-order valence-electron chi connectivity index (χ0n) is 10.9. The summed E-state index contributed by atoms with van der Waals surface area (Å²) in [6.45, 7) is 6.10. The SMILES string of the molecule is Cc1cc(F)cc2nc(CC(C)C)cc(NN)c12. The van der Waals surface area contributed by atoms with Gasteiger partial charge in [-0.1, -0.05) is 13.8 Å². The van der Waals surface area contributed by atoms with Crippen molar-refractivity contribution < 1.29 is 4.39 Å². The first-order valence-corrected chi connectivity index (χ1v) is 6.07. The molecule has 1 heterocycles. The van der Waals surface area contributed by atoms with Crippen LogP contribution in [-0.4, -0.2) is 4.98 Å². The Morgan fingerprint density at radius 1 is 1.33 bits per heavy atom. The molecule has 1 aromatic heterocycles. The normalized spacial score (nSPS) is 11.2. The van der Waals surface area contributed by atoms with E-state index in [9.17, 15) is 4.39 Å². The van der Waals surface area contributed by atoms with Gasteiger partial charge in [-0.15, -0.1) is 0 Å². The summed E-state index contributed by atoms with van der Waals surface area (Å²) in [7, 11) is 0. The van der Waals surface area contributed by atoms with Gasteiger partial charge in [-0.05, 0) is 37.0 Å². The van der Waals surface area contributed by atoms with E-state index < -0.39 is 0 Å². The van der Waals surface area contributed by atoms with Crippen LogP contribution >= 0.6 is 0 Å². The summed E-state index contributed by atoms with van der Waals surface area (Å²) in [5.74, 6) is 5.78. The molecule has 96 valence electrons. The quantitative estimate of drug-likeness (QED) is 0.647. The van der Waals surface area contributed by atoms with Crippen molar-refractivity contribution in [2.24, 2.45) is 11.8 Å². The predicted octanol–water partition coefficient (Wildman–Crippen LogP) is 3.17. The van der Waals surface area contributed by atoms with Crippen molar-refractivity contribution >= 4 is 16.6 Å². The van der Waals surface area contributed by atoms with Gasteiger partial charge in [-0.3, -0.25) is 10.8 Å². The summed E-state index contributed by atoms with van der Waals surface area (Å²) in [5.41, 5.74) is 5.89. The molecule has 0 radical (unpaired) electrons. The number of aryl methyl sites for hydroxylation is 1. The van der Waals surface area contributed by atoms with Gasteiger partial charge in [-0.25, -0.2) is 4.39 Å². The summed E-state index contributed by atoms with van der Waals surface area (Å²) in [6, 6.07) is 4.88. The number of benzene rings is 1. The van der Waals surface area contributed by atoms with Crippen molar-refractivity contribution in [3.63, 3.8) is 0 Å². The maximum atomic E-state index is 13.4. The lowest BCUT2D eigenvalue weighted by Crippen LogP contribution is -2.10. The number of nitrogens with two attached hydrogens (primary N) is 1. The number of hydrazine groups is 1. The molecule has 1 aromatic carbocycles. The highest BCUT2D eigenvalue weighted by Crippen LogP contribution is 2.27. The molecule has 2 rings (SSSR count). The predicted molar refractivity (Wildman–Crippen MR) is 72.8 cm³/mol. The molecule has 18 heavy (non-hydrogen) atoms. The van der Waals surface area contributed by atoms with Crippen molar-refractivity contribution in [1.29, 1.82) is 0 Å². The molecule has 0 unspecified atom stereocenters. The standard InChI is InChI=1S/C14H18FN3/c1-8(2)4-11-7-13(18-16)14-9(3)5-10(15)6-12(14)17-11/h5-8H,4,16H2,1-3H3,(H,17,18). The number of halogens is 1. The van der Waals surface area contributed by atoms with Crippen LogP contribution in [-0.2, 0) is 6.42 Å². The van der Waals surface area contributed by atoms with Gasteiger partial charge in [0, 0.05) is 17.1 Å². The number of anilines is 1. The second-order valence-electron chi connectivity index (χ2n) is 5.02. The summed E-state index contributed by atoms with van der Waals surface area (Å²) >= 11 is 0. The number of aromatic nitrogens is 1. The lowest BCUT2D eigenvalue weighted by atomic mass is 10.0. The number of rotatable bonds is 3. The minimum Gasteiger partial charge on any atom is -0.323 e. The van der Waals surface area contributed by atoms with Gasteiger partial charge in [0.25, 0.3) is 0 Å². The molecule has 0 atom stereocenters. The molecule has 0 saturated carbocycles. The van der Waals surface area contributed by atoms with Gasteiger partial charge in [0.05, 0.1) is 11.2 Å². The Hall–Kier alpha value is -1.68. The number of fused-ring (bicyclic) bond motifs is 1. The van der Waals surface area contributed by atoms with Crippen LogP contribution in [0.3, 0.4) is 0 Å². The maximum Gasteiger partial charge on any atom is 0.125 e. The fraction of sp³-hybridized carbons (Fsp3) is 0.357. The minimum absolute atomic E-state index is 0.267. The molecule has 0 aliphatic heterocycles. The number of nitrogen functional groups attached to an aromatic ring is 1. The van der Waals surface area contributed by atoms with Gasteiger partial charge in [0.15, 0.2) is 0 Å². The van der Waals surface area contributed by atoms with Crippen LogP contribution in [0.5, 0.6) is 0 Å². The van der Waals surface area contributed by atoms with Crippen molar-refractivity contribution in [3.05, 3.63) is 35.3 Å². The van der Waals surface area contributed by atoms with Crippen molar-refractivity contribution in [2.45, 2.75) is 27.2 Å². The van der Waals surface area contributed by atoms with Crippen molar-refractivity contribution in [3.8, 4) is 0 Å². The zero-order chi connectivity index (χ0) is 13.3. The number of nitrogens with zero attached hydrogens (tertiary/aromatic N) is 1. The summed E-state index contributed by atoms with van der Waals surface area (Å²) in [4.78, 5) is 4.51. The van der Waals surface area contributed by atoms with Gasteiger partial charge in [-0.2, -0.15) is 0 Å². The minimum atomic E-state index is -0.267. The van der Waals surface area contributed by atoms with E-state index in [2.05, 4.69) is 24.3 Å². The van der Waals surface area contributed by atoms with Crippen LogP contribution in [0.4, 0.5) is 10.1 Å². The smallest absolute Gasteiger partial charge is 0.125 e. The Labute approximate surface area is 106 Å². The van der Waals surface area contributed by atoms with Crippen LogP contribution in [0.2, 0.25) is 0 Å². The number of hydrogen-bond donors (Lipinski definition) is 2. The van der Waals surface area contributed by atoms with E-state index in [1.54, 1.807) is 0 Å². The van der Waals surface area contributed by atoms with Gasteiger partial charge in [0.1, 0.15) is 5.82 Å². The van der Waals surface area contributed by atoms with Crippen LogP contribution in [0.1, 0.15) is 25.1 Å². The van der Waals surface area contributed by atoms with Gasteiger partial charge >= 0.3 is 0 Å². The van der Waals surface area contributed by atoms with E-state index in [0.717, 1.165) is 28.8 Å². The van der Waals surface area contributed by atoms with Gasteiger partial charge < -0.3 is 5.43 Å². The lowest BCUT2D eigenvalue weighted by Gasteiger charge is -2.12. The highest BCUT2D eigenvalue weighted by molar-refractivity contribution is 5.94. The Kier molecular flexibility index (Phi) is 3.48. The average molecular weight is 247 g/mol. The highest BCUT2D eigenvalue weighted by atomic mass is 19.1. The van der Waals surface area contributed by atoms with Crippen molar-refractivity contribution in [1.82, 2.24) is 4.98 Å². The first kappa shape index (κ1) is 12.8. The van der Waals surface area contributed by atoms with E-state index in [0.29, 0.717) is 11.4 Å². The molecule has 0 amide bonds. The van der Waals surface area contributed by atoms with Crippen LogP contribution < -0.4 is 11.3 Å². The molecule has 3 nitrogen and oxygen atoms in total. The maximum absolute atomic E-state index is 13.4. The number of nitrogens with one attached hydrogen (secondary N) is 1. The third kappa shape index (κ3) is 2.43. The Balaban J connectivity index is 2.67. The second-order valence-corrected chi connectivity index (χ2v) is 5.02. The topological polar surface area (TPSA) is 50.9 Å². The Morgan fingerprint density at radius 3 is 2.67 bits per heavy atom. The fourth-order valence-electron chi connectivity index (χ4n) is 2.23. The van der Waals surface area contributed by atoms with Crippen LogP contribution in [0, 0.1) is 18.7 Å². The lowest BCUT2D eigenvalue weighted by molar-refractivity contribution is 0.627. The summed E-state index contributed by atoms with van der Waals surface area (Å²) in [5, 5.41) is 0.881. The molecule has 0 bridgehead atoms. The molecule has 0 spiro atoms. The Morgan fingerprint density at radius 2 is 2.06 bits per heavy atom. The average Bonchev–Trinajstić information content (AvgIpc) is 2.25. The van der Waals surface area contributed by atoms with E-state index in [1.165, 1.54) is 12.1 Å². The van der Waals surface area contributed by atoms with E-state index >= 15 is 0 Å². The molecule has 3 N–H and O–H groups in total. The summed E-state index contributed by atoms with van der Waals surface area (Å²) < 4.78 is 13.4. The molecular weight excluding hydrogens is 229 g/mol. The highest BCUT2D eigenvalue weighted by Gasteiger charge is 2.10. The Bertz CT molecular complexity index is 579. The summed E-state index contributed by atoms with van der Waals surface area (Å²) in [6.07, 6.45) is 0.847. The van der Waals surface area contributed by atoms with Crippen molar-refractivity contribution in [2.75, 3.05) is 5.43 Å². The monoisotopic (exact) mass is 247 g/mol. The molecule has 0 aliphatic carbocycles.